The standard InChI is InChI=1S/C14H26O5Si/c1-14(2,3)19-11(17)8-9(15)7-10(16)12-13(18-12)20(4,5)6/h10,12-13,16H,7-8H2,1-6H3/t10-,12-,13-/m0/s1. The molecular formula is C14H26O5Si. The Morgan fingerprint density at radius 2 is 1.85 bits per heavy atom. The van der Waals surface area contributed by atoms with Gasteiger partial charge in [0.25, 0.3) is 0 Å². The highest BCUT2D eigenvalue weighted by Crippen LogP contribution is 2.34. The first kappa shape index (κ1) is 17.3. The van der Waals surface area contributed by atoms with Crippen molar-refractivity contribution in [1.29, 1.82) is 0 Å². The Bertz CT molecular complexity index is 380. The summed E-state index contributed by atoms with van der Waals surface area (Å²) in [7, 11) is -1.45. The summed E-state index contributed by atoms with van der Waals surface area (Å²) in [5.74, 6) is -0.857. The normalized spacial score (nSPS) is 24.1. The average Bonchev–Trinajstić information content (AvgIpc) is 2.90. The van der Waals surface area contributed by atoms with Gasteiger partial charge < -0.3 is 14.6 Å². The highest BCUT2D eigenvalue weighted by atomic mass is 28.3. The molecule has 1 N–H and O–H groups in total. The van der Waals surface area contributed by atoms with Gasteiger partial charge in [-0.1, -0.05) is 19.6 Å². The van der Waals surface area contributed by atoms with E-state index in [-0.39, 0.29) is 30.5 Å². The maximum absolute atomic E-state index is 11.7. The quantitative estimate of drug-likeness (QED) is 0.350. The highest BCUT2D eigenvalue weighted by molar-refractivity contribution is 6.78. The summed E-state index contributed by atoms with van der Waals surface area (Å²) in [6.07, 6.45) is -1.41. The molecule has 1 aliphatic rings. The molecule has 0 amide bonds. The molecule has 1 rings (SSSR count). The number of carbonyl (C=O) groups excluding carboxylic acids is 2. The molecule has 116 valence electrons. The minimum Gasteiger partial charge on any atom is -0.460 e. The average molecular weight is 302 g/mol. The summed E-state index contributed by atoms with van der Waals surface area (Å²) in [5, 5.41) is 9.96. The van der Waals surface area contributed by atoms with Gasteiger partial charge >= 0.3 is 5.97 Å². The van der Waals surface area contributed by atoms with Crippen LogP contribution >= 0.6 is 0 Å². The van der Waals surface area contributed by atoms with Gasteiger partial charge in [0.15, 0.2) is 0 Å². The van der Waals surface area contributed by atoms with Crippen molar-refractivity contribution in [3.05, 3.63) is 0 Å². The van der Waals surface area contributed by atoms with Crippen LogP contribution in [0.25, 0.3) is 0 Å². The number of rotatable bonds is 6. The minimum atomic E-state index is -1.45. The van der Waals surface area contributed by atoms with Gasteiger partial charge in [-0.15, -0.1) is 0 Å². The molecular weight excluding hydrogens is 276 g/mol. The van der Waals surface area contributed by atoms with Crippen molar-refractivity contribution in [3.63, 3.8) is 0 Å². The Labute approximate surface area is 121 Å². The van der Waals surface area contributed by atoms with Gasteiger partial charge in [-0.2, -0.15) is 0 Å². The Kier molecular flexibility index (Phi) is 5.16. The maximum Gasteiger partial charge on any atom is 0.313 e. The molecule has 1 heterocycles. The monoisotopic (exact) mass is 302 g/mol. The van der Waals surface area contributed by atoms with E-state index in [0.29, 0.717) is 0 Å². The molecule has 20 heavy (non-hydrogen) atoms. The summed E-state index contributed by atoms with van der Waals surface area (Å²) < 4.78 is 10.5. The van der Waals surface area contributed by atoms with Crippen LogP contribution in [-0.4, -0.2) is 48.5 Å². The SMILES string of the molecule is CC(C)(C)OC(=O)CC(=O)C[C@H](O)[C@@H]1O[C@H]1[Si](C)(C)C. The first-order valence-corrected chi connectivity index (χ1v) is 10.5. The Morgan fingerprint density at radius 3 is 2.25 bits per heavy atom. The minimum absolute atomic E-state index is 0.0507. The molecule has 0 radical (unpaired) electrons. The summed E-state index contributed by atoms with van der Waals surface area (Å²) in [6.45, 7) is 11.7. The molecule has 0 bridgehead atoms. The molecule has 1 aliphatic heterocycles. The van der Waals surface area contributed by atoms with E-state index in [1.54, 1.807) is 20.8 Å². The van der Waals surface area contributed by atoms with Crippen LogP contribution in [0.2, 0.25) is 19.6 Å². The first-order chi connectivity index (χ1) is 8.90. The van der Waals surface area contributed by atoms with Gasteiger partial charge in [0.2, 0.25) is 0 Å². The number of hydrogen-bond acceptors (Lipinski definition) is 5. The fourth-order valence-electron chi connectivity index (χ4n) is 2.07. The van der Waals surface area contributed by atoms with Crippen LogP contribution in [0.1, 0.15) is 33.6 Å². The molecule has 1 saturated heterocycles. The van der Waals surface area contributed by atoms with Crippen molar-refractivity contribution in [2.24, 2.45) is 0 Å². The summed E-state index contributed by atoms with van der Waals surface area (Å²) in [4.78, 5) is 23.2. The zero-order valence-electron chi connectivity index (χ0n) is 13.2. The first-order valence-electron chi connectivity index (χ1n) is 6.97. The molecule has 0 aromatic heterocycles. The molecule has 0 aromatic rings. The van der Waals surface area contributed by atoms with E-state index < -0.39 is 25.7 Å². The van der Waals surface area contributed by atoms with Gasteiger partial charge in [-0.25, -0.2) is 0 Å². The van der Waals surface area contributed by atoms with Gasteiger partial charge in [-0.05, 0) is 20.8 Å². The van der Waals surface area contributed by atoms with Crippen molar-refractivity contribution >= 4 is 19.8 Å². The molecule has 0 saturated carbocycles. The number of aliphatic hydroxyl groups excluding tert-OH is 1. The molecule has 0 aliphatic carbocycles. The Balaban J connectivity index is 2.35. The largest absolute Gasteiger partial charge is 0.460 e. The lowest BCUT2D eigenvalue weighted by atomic mass is 10.1. The number of aliphatic hydroxyl groups is 1. The van der Waals surface area contributed by atoms with E-state index in [1.807, 2.05) is 0 Å². The van der Waals surface area contributed by atoms with Gasteiger partial charge in [-0.3, -0.25) is 9.59 Å². The third kappa shape index (κ3) is 5.72. The van der Waals surface area contributed by atoms with E-state index in [9.17, 15) is 14.7 Å². The number of epoxide rings is 1. The Morgan fingerprint density at radius 1 is 1.30 bits per heavy atom. The number of Topliss-reactive ketones (excluding diaryl/α,β-unsaturated/α-hetero) is 1. The predicted molar refractivity (Wildman–Crippen MR) is 78.1 cm³/mol. The van der Waals surface area contributed by atoms with Crippen LogP contribution in [-0.2, 0) is 19.1 Å². The van der Waals surface area contributed by atoms with E-state index in [1.165, 1.54) is 0 Å². The lowest BCUT2D eigenvalue weighted by molar-refractivity contribution is -0.156. The number of hydrogen-bond donors (Lipinski definition) is 1. The lowest BCUT2D eigenvalue weighted by Crippen LogP contribution is -2.34. The van der Waals surface area contributed by atoms with Crippen molar-refractivity contribution in [3.8, 4) is 0 Å². The third-order valence-corrected chi connectivity index (χ3v) is 5.13. The van der Waals surface area contributed by atoms with Crippen LogP contribution in [0.4, 0.5) is 0 Å². The molecule has 0 aromatic carbocycles. The zero-order chi connectivity index (χ0) is 15.7. The Hall–Kier alpha value is -0.723. The van der Waals surface area contributed by atoms with E-state index >= 15 is 0 Å². The lowest BCUT2D eigenvalue weighted by Gasteiger charge is -2.19. The molecule has 3 atom stereocenters. The van der Waals surface area contributed by atoms with Crippen molar-refractivity contribution in [2.45, 2.75) is 76.8 Å². The molecule has 0 spiro atoms. The fourth-order valence-corrected chi connectivity index (χ4v) is 3.85. The third-order valence-electron chi connectivity index (χ3n) is 2.96. The van der Waals surface area contributed by atoms with Gasteiger partial charge in [0, 0.05) is 6.42 Å². The second-order valence-electron chi connectivity index (χ2n) is 7.46. The number of ketones is 1. The highest BCUT2D eigenvalue weighted by Gasteiger charge is 2.52. The van der Waals surface area contributed by atoms with Crippen LogP contribution in [0, 0.1) is 0 Å². The topological polar surface area (TPSA) is 76.1 Å². The van der Waals surface area contributed by atoms with Crippen molar-refractivity contribution in [2.75, 3.05) is 0 Å². The van der Waals surface area contributed by atoms with Crippen LogP contribution < -0.4 is 0 Å². The van der Waals surface area contributed by atoms with Crippen molar-refractivity contribution < 1.29 is 24.2 Å². The summed E-state index contributed by atoms with van der Waals surface area (Å²) in [5.41, 5.74) is -0.495. The van der Waals surface area contributed by atoms with E-state index in [2.05, 4.69) is 19.6 Å². The van der Waals surface area contributed by atoms with Gasteiger partial charge in [0.1, 0.15) is 23.9 Å². The maximum atomic E-state index is 11.7. The molecule has 1 fully saturated rings. The van der Waals surface area contributed by atoms with Crippen LogP contribution in [0.15, 0.2) is 0 Å². The predicted octanol–water partition coefficient (Wildman–Crippen LogP) is 1.68. The number of esters is 1. The molecule has 0 unspecified atom stereocenters. The zero-order valence-corrected chi connectivity index (χ0v) is 14.2. The molecule has 6 heteroatoms. The molecule has 5 nitrogen and oxygen atoms in total. The number of carbonyl (C=O) groups is 2. The van der Waals surface area contributed by atoms with E-state index in [4.69, 9.17) is 9.47 Å². The van der Waals surface area contributed by atoms with E-state index in [0.717, 1.165) is 0 Å². The second-order valence-corrected chi connectivity index (χ2v) is 12.8. The second kappa shape index (κ2) is 5.95. The van der Waals surface area contributed by atoms with Gasteiger partial charge in [0.05, 0.1) is 19.9 Å². The summed E-state index contributed by atoms with van der Waals surface area (Å²) in [6, 6.07) is 0. The fraction of sp³-hybridized carbons (Fsp3) is 0.857. The summed E-state index contributed by atoms with van der Waals surface area (Å²) >= 11 is 0. The van der Waals surface area contributed by atoms with Crippen LogP contribution in [0.5, 0.6) is 0 Å². The smallest absolute Gasteiger partial charge is 0.313 e. The van der Waals surface area contributed by atoms with Crippen LogP contribution in [0.3, 0.4) is 0 Å². The van der Waals surface area contributed by atoms with Crippen molar-refractivity contribution in [1.82, 2.24) is 0 Å². The number of ether oxygens (including phenoxy) is 2.